The van der Waals surface area contributed by atoms with E-state index in [1.165, 1.54) is 4.90 Å². The molecule has 7 rings (SSSR count). The Morgan fingerprint density at radius 3 is 2.06 bits per heavy atom. The molecule has 3 amide bonds. The van der Waals surface area contributed by atoms with Crippen molar-refractivity contribution in [2.45, 2.75) is 38.5 Å². The van der Waals surface area contributed by atoms with Crippen LogP contribution in [-0.4, -0.2) is 103 Å². The highest BCUT2D eigenvalue weighted by Gasteiger charge is 2.32. The van der Waals surface area contributed by atoms with Crippen molar-refractivity contribution in [1.82, 2.24) is 19.6 Å². The molecule has 0 radical (unpaired) electrons. The third kappa shape index (κ3) is 6.32. The average Bonchev–Trinajstić information content (AvgIpc) is 3.53. The number of fused-ring (bicyclic) bond motifs is 2. The van der Waals surface area contributed by atoms with Gasteiger partial charge in [-0.05, 0) is 75.2 Å². The maximum atomic E-state index is 13.1. The monoisotopic (exact) mass is 637 g/mol. The smallest absolute Gasteiger partial charge is 0.261 e. The van der Waals surface area contributed by atoms with E-state index in [2.05, 4.69) is 15.1 Å². The summed E-state index contributed by atoms with van der Waals surface area (Å²) in [7, 11) is 1.61. The summed E-state index contributed by atoms with van der Waals surface area (Å²) in [6.45, 7) is 7.92. The Balaban J connectivity index is 0.805. The summed E-state index contributed by atoms with van der Waals surface area (Å²) in [4.78, 5) is 47.6. The minimum atomic E-state index is -0.179. The predicted molar refractivity (Wildman–Crippen MR) is 181 cm³/mol. The Morgan fingerprint density at radius 1 is 0.723 bits per heavy atom. The van der Waals surface area contributed by atoms with Gasteiger partial charge in [0.15, 0.2) is 11.5 Å². The van der Waals surface area contributed by atoms with Crippen molar-refractivity contribution >= 4 is 34.2 Å². The van der Waals surface area contributed by atoms with Gasteiger partial charge in [-0.1, -0.05) is 24.3 Å². The quantitative estimate of drug-likeness (QED) is 0.214. The second-order valence-corrected chi connectivity index (χ2v) is 12.8. The van der Waals surface area contributed by atoms with Crippen molar-refractivity contribution in [3.05, 3.63) is 77.1 Å². The van der Waals surface area contributed by atoms with Crippen LogP contribution in [0.3, 0.4) is 0 Å². The Kier molecular flexibility index (Phi) is 9.13. The van der Waals surface area contributed by atoms with Gasteiger partial charge in [0.2, 0.25) is 0 Å². The van der Waals surface area contributed by atoms with Crippen molar-refractivity contribution in [3.63, 3.8) is 0 Å². The minimum absolute atomic E-state index is 0.00818. The molecule has 4 aliphatic heterocycles. The number of ether oxygens (including phenoxy) is 2. The molecule has 0 aromatic heterocycles. The lowest BCUT2D eigenvalue weighted by atomic mass is 9.94. The Morgan fingerprint density at radius 2 is 1.38 bits per heavy atom. The molecule has 0 aliphatic carbocycles. The first kappa shape index (κ1) is 31.2. The third-order valence-corrected chi connectivity index (χ3v) is 9.89. The van der Waals surface area contributed by atoms with Crippen molar-refractivity contribution in [1.29, 1.82) is 0 Å². The number of nitrogens with one attached hydrogen (secondary N) is 1. The van der Waals surface area contributed by atoms with Gasteiger partial charge in [-0.15, -0.1) is 0 Å². The van der Waals surface area contributed by atoms with Gasteiger partial charge in [-0.25, -0.2) is 0 Å². The van der Waals surface area contributed by atoms with Crippen LogP contribution in [0.4, 0.5) is 5.69 Å². The zero-order chi connectivity index (χ0) is 32.3. The van der Waals surface area contributed by atoms with E-state index >= 15 is 0 Å². The third-order valence-electron chi connectivity index (χ3n) is 9.89. The first-order valence-corrected chi connectivity index (χ1v) is 17.0. The predicted octanol–water partition coefficient (Wildman–Crippen LogP) is 5.20. The Labute approximate surface area is 275 Å². The van der Waals surface area contributed by atoms with E-state index in [-0.39, 0.29) is 17.7 Å². The molecule has 1 N–H and O–H groups in total. The van der Waals surface area contributed by atoms with E-state index in [1.54, 1.807) is 13.2 Å². The topological polar surface area (TPSA) is 94.7 Å². The minimum Gasteiger partial charge on any atom is -0.493 e. The molecule has 0 atom stereocenters. The number of unbranched alkanes of at least 4 members (excludes halogenated alkanes) is 2. The van der Waals surface area contributed by atoms with Crippen LogP contribution in [-0.2, 0) is 0 Å². The maximum absolute atomic E-state index is 13.1. The molecule has 4 heterocycles. The van der Waals surface area contributed by atoms with E-state index < -0.39 is 0 Å². The molecule has 47 heavy (non-hydrogen) atoms. The van der Waals surface area contributed by atoms with Gasteiger partial charge in [0.05, 0.1) is 25.0 Å². The summed E-state index contributed by atoms with van der Waals surface area (Å²) < 4.78 is 11.7. The molecule has 2 fully saturated rings. The van der Waals surface area contributed by atoms with Crippen LogP contribution in [0, 0.1) is 0 Å². The summed E-state index contributed by atoms with van der Waals surface area (Å²) in [5.41, 5.74) is 3.65. The second kappa shape index (κ2) is 13.8. The first-order chi connectivity index (χ1) is 23.0. The van der Waals surface area contributed by atoms with E-state index in [4.69, 9.17) is 9.47 Å². The van der Waals surface area contributed by atoms with Crippen LogP contribution in [0.1, 0.15) is 69.6 Å². The average molecular weight is 638 g/mol. The fourth-order valence-electron chi connectivity index (χ4n) is 7.26. The second-order valence-electron chi connectivity index (χ2n) is 12.8. The van der Waals surface area contributed by atoms with Crippen LogP contribution >= 0.6 is 0 Å². The molecular formula is C37H43N5O5. The molecule has 246 valence electrons. The zero-order valence-electron chi connectivity index (χ0n) is 27.1. The highest BCUT2D eigenvalue weighted by molar-refractivity contribution is 6.25. The molecular weight excluding hydrogens is 594 g/mol. The summed E-state index contributed by atoms with van der Waals surface area (Å²) >= 11 is 0. The van der Waals surface area contributed by atoms with E-state index in [0.717, 1.165) is 106 Å². The number of nitrogens with zero attached hydrogens (tertiary/aromatic N) is 4. The number of allylic oxidation sites excluding steroid dienone is 1. The molecule has 0 bridgehead atoms. The molecule has 0 saturated carbocycles. The van der Waals surface area contributed by atoms with Gasteiger partial charge in [-0.2, -0.15) is 0 Å². The molecule has 0 spiro atoms. The van der Waals surface area contributed by atoms with Crippen LogP contribution in [0.2, 0.25) is 0 Å². The van der Waals surface area contributed by atoms with E-state index in [1.807, 2.05) is 53.6 Å². The fraction of sp³-hybridized carbons (Fsp3) is 0.432. The number of hydrogen-bond acceptors (Lipinski definition) is 8. The number of carbonyl (C=O) groups is 3. The van der Waals surface area contributed by atoms with Crippen LogP contribution < -0.4 is 14.8 Å². The highest BCUT2D eigenvalue weighted by Crippen LogP contribution is 2.38. The molecule has 0 unspecified atom stereocenters. The number of carbonyl (C=O) groups excluding carboxylic acids is 3. The molecule has 3 aromatic rings. The molecule has 4 aliphatic rings. The van der Waals surface area contributed by atoms with Crippen molar-refractivity contribution < 1.29 is 23.9 Å². The molecule has 10 heteroatoms. The number of benzene rings is 3. The van der Waals surface area contributed by atoms with Gasteiger partial charge in [0.1, 0.15) is 0 Å². The standard InChI is InChI=1S/C37H43N5O5/c1-46-32-23-30-31(38-25-27-11-8-17-41(27)37(30)45)24-33(32)47-22-5-4-15-40-20-18-39(19-21-40)14-2-3-16-42-35(43)28-12-6-9-26-10-7-13-29(34(26)28)36(42)44/h6-7,9-10,12-13,23-25,38H,2-5,8,11,14-22H2,1H3. The first-order valence-electron chi connectivity index (χ1n) is 17.0. The van der Waals surface area contributed by atoms with Gasteiger partial charge in [0, 0.05) is 73.7 Å². The van der Waals surface area contributed by atoms with Gasteiger partial charge in [0.25, 0.3) is 17.7 Å². The van der Waals surface area contributed by atoms with Gasteiger partial charge in [-0.3, -0.25) is 19.3 Å². The summed E-state index contributed by atoms with van der Waals surface area (Å²) in [5, 5.41) is 5.03. The van der Waals surface area contributed by atoms with Crippen LogP contribution in [0.15, 0.2) is 60.4 Å². The van der Waals surface area contributed by atoms with E-state index in [9.17, 15) is 14.4 Å². The van der Waals surface area contributed by atoms with E-state index in [0.29, 0.717) is 41.3 Å². The molecule has 2 saturated heterocycles. The van der Waals surface area contributed by atoms with Gasteiger partial charge >= 0.3 is 0 Å². The number of anilines is 1. The van der Waals surface area contributed by atoms with Crippen molar-refractivity contribution in [2.75, 3.05) is 71.4 Å². The Bertz CT molecular complexity index is 1660. The number of imide groups is 1. The summed E-state index contributed by atoms with van der Waals surface area (Å²) in [6, 6.07) is 15.0. The lowest BCUT2D eigenvalue weighted by Crippen LogP contribution is -2.47. The van der Waals surface area contributed by atoms with Crippen LogP contribution in [0.25, 0.3) is 10.8 Å². The lowest BCUT2D eigenvalue weighted by Gasteiger charge is -2.35. The maximum Gasteiger partial charge on any atom is 0.261 e. The molecule has 3 aromatic carbocycles. The normalized spacial score (nSPS) is 18.1. The van der Waals surface area contributed by atoms with Crippen LogP contribution in [0.5, 0.6) is 11.5 Å². The van der Waals surface area contributed by atoms with Gasteiger partial charge < -0.3 is 29.5 Å². The number of piperazine rings is 1. The number of amides is 3. The lowest BCUT2D eigenvalue weighted by molar-refractivity contribution is 0.0604. The van der Waals surface area contributed by atoms with Crippen molar-refractivity contribution in [2.24, 2.45) is 0 Å². The number of rotatable bonds is 12. The Hall–Kier alpha value is -4.41. The summed E-state index contributed by atoms with van der Waals surface area (Å²) in [5.74, 6) is 0.879. The fourth-order valence-corrected chi connectivity index (χ4v) is 7.26. The highest BCUT2D eigenvalue weighted by atomic mass is 16.5. The number of hydrogen-bond donors (Lipinski definition) is 1. The molecule has 10 nitrogen and oxygen atoms in total. The summed E-state index contributed by atoms with van der Waals surface area (Å²) in [6.07, 6.45) is 7.55. The SMILES string of the molecule is COc1cc2c(cc1OCCCCN1CCN(CCCCN3C(=O)c4cccc5cccc(c45)C3=O)CC1)NC=C1CCCN1C2=O. The number of methoxy groups -OCH3 is 1. The zero-order valence-corrected chi connectivity index (χ0v) is 27.1. The largest absolute Gasteiger partial charge is 0.493 e. The van der Waals surface area contributed by atoms with Crippen molar-refractivity contribution in [3.8, 4) is 11.5 Å².